The van der Waals surface area contributed by atoms with Crippen LogP contribution in [0.4, 0.5) is 4.39 Å². The Morgan fingerprint density at radius 2 is 1.81 bits per heavy atom. The van der Waals surface area contributed by atoms with Crippen molar-refractivity contribution in [3.05, 3.63) is 70.5 Å². The van der Waals surface area contributed by atoms with Crippen LogP contribution in [-0.2, 0) is 22.4 Å². The molecule has 142 valence electrons. The first-order valence-corrected chi connectivity index (χ1v) is 8.79. The Morgan fingerprint density at radius 3 is 2.48 bits per heavy atom. The van der Waals surface area contributed by atoms with Crippen LogP contribution < -0.4 is 5.32 Å². The fourth-order valence-electron chi connectivity index (χ4n) is 2.57. The summed E-state index contributed by atoms with van der Waals surface area (Å²) >= 11 is 0. The van der Waals surface area contributed by atoms with E-state index in [9.17, 15) is 18.8 Å². The van der Waals surface area contributed by atoms with Gasteiger partial charge in [-0.25, -0.2) is 4.39 Å². The first-order chi connectivity index (χ1) is 12.9. The van der Waals surface area contributed by atoms with Gasteiger partial charge < -0.3 is 10.1 Å². The summed E-state index contributed by atoms with van der Waals surface area (Å²) in [5.41, 5.74) is 2.58. The molecule has 0 heterocycles. The quantitative estimate of drug-likeness (QED) is 0.572. The van der Waals surface area contributed by atoms with Crippen molar-refractivity contribution in [3.8, 4) is 0 Å². The number of ether oxygens (including phenoxy) is 1. The lowest BCUT2D eigenvalue weighted by molar-refractivity contribution is -0.141. The minimum absolute atomic E-state index is 0.0999. The van der Waals surface area contributed by atoms with Crippen LogP contribution in [0.3, 0.4) is 0 Å². The topological polar surface area (TPSA) is 72.5 Å². The summed E-state index contributed by atoms with van der Waals surface area (Å²) in [4.78, 5) is 36.0. The molecule has 2 aromatic carbocycles. The smallest absolute Gasteiger partial charge is 0.325 e. The SMILES string of the molecule is CCc1ccc(CC)c(C(=O)COC(=O)CNC(=O)c2cccc(F)c2)c1. The number of benzene rings is 2. The Labute approximate surface area is 157 Å². The summed E-state index contributed by atoms with van der Waals surface area (Å²) in [6.45, 7) is 3.15. The van der Waals surface area contributed by atoms with Gasteiger partial charge in [0, 0.05) is 11.1 Å². The molecule has 6 heteroatoms. The molecule has 27 heavy (non-hydrogen) atoms. The zero-order valence-electron chi connectivity index (χ0n) is 15.4. The van der Waals surface area contributed by atoms with E-state index in [1.54, 1.807) is 0 Å². The zero-order valence-corrected chi connectivity index (χ0v) is 15.4. The number of ketones is 1. The maximum Gasteiger partial charge on any atom is 0.325 e. The van der Waals surface area contributed by atoms with E-state index in [1.165, 1.54) is 18.2 Å². The summed E-state index contributed by atoms with van der Waals surface area (Å²) in [5.74, 6) is -2.16. The second-order valence-corrected chi connectivity index (χ2v) is 5.98. The van der Waals surface area contributed by atoms with Crippen LogP contribution in [-0.4, -0.2) is 30.8 Å². The van der Waals surface area contributed by atoms with Gasteiger partial charge in [-0.1, -0.05) is 32.0 Å². The molecule has 0 unspecified atom stereocenters. The molecule has 2 aromatic rings. The van der Waals surface area contributed by atoms with E-state index in [4.69, 9.17) is 4.74 Å². The van der Waals surface area contributed by atoms with Gasteiger partial charge in [0.25, 0.3) is 5.91 Å². The van der Waals surface area contributed by atoms with Gasteiger partial charge in [-0.2, -0.15) is 0 Å². The van der Waals surface area contributed by atoms with Gasteiger partial charge in [0.2, 0.25) is 5.78 Å². The van der Waals surface area contributed by atoms with Crippen LogP contribution in [0.15, 0.2) is 42.5 Å². The molecule has 0 radical (unpaired) electrons. The highest BCUT2D eigenvalue weighted by atomic mass is 19.1. The number of carbonyl (C=O) groups is 3. The Kier molecular flexibility index (Phi) is 7.23. The summed E-state index contributed by atoms with van der Waals surface area (Å²) in [7, 11) is 0. The van der Waals surface area contributed by atoms with Crippen molar-refractivity contribution in [2.75, 3.05) is 13.2 Å². The lowest BCUT2D eigenvalue weighted by Gasteiger charge is -2.10. The Bertz CT molecular complexity index is 848. The molecule has 0 spiro atoms. The molecule has 1 N–H and O–H groups in total. The van der Waals surface area contributed by atoms with Crippen LogP contribution in [0.25, 0.3) is 0 Å². The number of hydrogen-bond donors (Lipinski definition) is 1. The average Bonchev–Trinajstić information content (AvgIpc) is 2.69. The van der Waals surface area contributed by atoms with E-state index in [0.717, 1.165) is 23.6 Å². The van der Waals surface area contributed by atoms with Crippen molar-refractivity contribution in [1.29, 1.82) is 0 Å². The number of nitrogens with one attached hydrogen (secondary N) is 1. The molecular formula is C21H22FNO4. The van der Waals surface area contributed by atoms with Crippen LogP contribution in [0.2, 0.25) is 0 Å². The van der Waals surface area contributed by atoms with E-state index in [0.29, 0.717) is 12.0 Å². The van der Waals surface area contributed by atoms with Crippen LogP contribution >= 0.6 is 0 Å². The number of carbonyl (C=O) groups excluding carboxylic acids is 3. The van der Waals surface area contributed by atoms with Gasteiger partial charge >= 0.3 is 5.97 Å². The molecule has 0 aliphatic heterocycles. The van der Waals surface area contributed by atoms with Crippen LogP contribution in [0.1, 0.15) is 45.7 Å². The maximum atomic E-state index is 13.1. The number of esters is 1. The molecule has 0 aliphatic rings. The number of Topliss-reactive ketones (excluding diaryl/α,β-unsaturated/α-hetero) is 1. The van der Waals surface area contributed by atoms with Gasteiger partial charge in [-0.3, -0.25) is 14.4 Å². The molecular weight excluding hydrogens is 349 g/mol. The van der Waals surface area contributed by atoms with Crippen molar-refractivity contribution in [2.24, 2.45) is 0 Å². The first kappa shape index (κ1) is 20.3. The lowest BCUT2D eigenvalue weighted by atomic mass is 9.98. The van der Waals surface area contributed by atoms with Gasteiger partial charge in [0.15, 0.2) is 6.61 Å². The van der Waals surface area contributed by atoms with Crippen molar-refractivity contribution >= 4 is 17.7 Å². The highest BCUT2D eigenvalue weighted by Gasteiger charge is 2.15. The summed E-state index contributed by atoms with van der Waals surface area (Å²) < 4.78 is 18.1. The van der Waals surface area contributed by atoms with Crippen LogP contribution in [0, 0.1) is 5.82 Å². The number of hydrogen-bond acceptors (Lipinski definition) is 4. The van der Waals surface area contributed by atoms with Crippen LogP contribution in [0.5, 0.6) is 0 Å². The molecule has 0 aliphatic carbocycles. The maximum absolute atomic E-state index is 13.1. The summed E-state index contributed by atoms with van der Waals surface area (Å²) in [6, 6.07) is 10.8. The second-order valence-electron chi connectivity index (χ2n) is 5.98. The number of rotatable bonds is 8. The third-order valence-electron chi connectivity index (χ3n) is 4.11. The Hall–Kier alpha value is -3.02. The van der Waals surface area contributed by atoms with Gasteiger partial charge in [-0.15, -0.1) is 0 Å². The highest BCUT2D eigenvalue weighted by Crippen LogP contribution is 2.14. The summed E-state index contributed by atoms with van der Waals surface area (Å²) in [6.07, 6.45) is 1.50. The predicted molar refractivity (Wildman–Crippen MR) is 99.2 cm³/mol. The fraction of sp³-hybridized carbons (Fsp3) is 0.286. The number of halogens is 1. The molecule has 5 nitrogen and oxygen atoms in total. The van der Waals surface area contributed by atoms with Gasteiger partial charge in [0.05, 0.1) is 0 Å². The standard InChI is InChI=1S/C21H22FNO4/c1-3-14-8-9-15(4-2)18(10-14)19(24)13-27-20(25)12-23-21(26)16-6-5-7-17(22)11-16/h5-11H,3-4,12-13H2,1-2H3,(H,23,26). The normalized spacial score (nSPS) is 10.3. The monoisotopic (exact) mass is 371 g/mol. The molecule has 0 saturated heterocycles. The summed E-state index contributed by atoms with van der Waals surface area (Å²) in [5, 5.41) is 2.34. The molecule has 0 bridgehead atoms. The zero-order chi connectivity index (χ0) is 19.8. The van der Waals surface area contributed by atoms with E-state index in [-0.39, 0.29) is 11.3 Å². The molecule has 2 rings (SSSR count). The Balaban J connectivity index is 1.88. The van der Waals surface area contributed by atoms with E-state index < -0.39 is 30.8 Å². The highest BCUT2D eigenvalue weighted by molar-refractivity contribution is 6.00. The number of aryl methyl sites for hydroxylation is 2. The molecule has 1 amide bonds. The first-order valence-electron chi connectivity index (χ1n) is 8.79. The predicted octanol–water partition coefficient (Wildman–Crippen LogP) is 3.11. The van der Waals surface area contributed by atoms with E-state index in [1.807, 2.05) is 32.0 Å². The molecule has 0 atom stereocenters. The minimum Gasteiger partial charge on any atom is -0.456 e. The molecule has 0 saturated carbocycles. The van der Waals surface area contributed by atoms with Gasteiger partial charge in [-0.05, 0) is 48.2 Å². The van der Waals surface area contributed by atoms with E-state index >= 15 is 0 Å². The Morgan fingerprint density at radius 1 is 1.04 bits per heavy atom. The largest absolute Gasteiger partial charge is 0.456 e. The number of amides is 1. The molecule has 0 aromatic heterocycles. The molecule has 0 fully saturated rings. The van der Waals surface area contributed by atoms with Crippen molar-refractivity contribution in [1.82, 2.24) is 5.32 Å². The third kappa shape index (κ3) is 5.74. The third-order valence-corrected chi connectivity index (χ3v) is 4.11. The lowest BCUT2D eigenvalue weighted by Crippen LogP contribution is -2.31. The minimum atomic E-state index is -0.738. The van der Waals surface area contributed by atoms with Crippen molar-refractivity contribution in [3.63, 3.8) is 0 Å². The fourth-order valence-corrected chi connectivity index (χ4v) is 2.57. The van der Waals surface area contributed by atoms with Gasteiger partial charge in [0.1, 0.15) is 12.4 Å². The second kappa shape index (κ2) is 9.62. The van der Waals surface area contributed by atoms with Crippen molar-refractivity contribution in [2.45, 2.75) is 26.7 Å². The average molecular weight is 371 g/mol. The van der Waals surface area contributed by atoms with Crippen molar-refractivity contribution < 1.29 is 23.5 Å². The van der Waals surface area contributed by atoms with E-state index in [2.05, 4.69) is 5.32 Å².